The van der Waals surface area contributed by atoms with Gasteiger partial charge in [-0.15, -0.1) is 0 Å². The fourth-order valence-corrected chi connectivity index (χ4v) is 14.1. The molecule has 8 unspecified atom stereocenters. The van der Waals surface area contributed by atoms with Gasteiger partial charge in [-0.25, -0.2) is 0 Å². The van der Waals surface area contributed by atoms with Gasteiger partial charge in [-0.1, -0.05) is 89.4 Å². The average Bonchev–Trinajstić information content (AvgIpc) is 3.04. The molecule has 0 saturated heterocycles. The van der Waals surface area contributed by atoms with Crippen molar-refractivity contribution in [1.29, 1.82) is 0 Å². The summed E-state index contributed by atoms with van der Waals surface area (Å²) in [6.45, 7) is 15.7. The van der Waals surface area contributed by atoms with Crippen LogP contribution in [0.5, 0.6) is 0 Å². The monoisotopic (exact) mass is 352 g/mol. The second-order valence-corrected chi connectivity index (χ2v) is 15.1. The maximum Gasteiger partial charge on any atom is 0.0553 e. The standard InChI is InChI=1S/C24H36Si/c1-15-16(2)18(4)23(17(15)3)25(5,6)24-21-13-9-7-11-19(21)20-12-8-10-14-22(20)24/h7-24H,1-6H3. The second-order valence-electron chi connectivity index (χ2n) is 10.2. The number of hydrogen-bond donors (Lipinski definition) is 0. The van der Waals surface area contributed by atoms with Crippen molar-refractivity contribution >= 4 is 8.07 Å². The Morgan fingerprint density at radius 3 is 1.24 bits per heavy atom. The average molecular weight is 353 g/mol. The van der Waals surface area contributed by atoms with Crippen LogP contribution in [0.25, 0.3) is 0 Å². The maximum absolute atomic E-state index is 2.75. The van der Waals surface area contributed by atoms with E-state index in [-0.39, 0.29) is 0 Å². The van der Waals surface area contributed by atoms with E-state index in [1.54, 1.807) is 0 Å². The molecule has 0 amide bonds. The van der Waals surface area contributed by atoms with Crippen LogP contribution in [0.2, 0.25) is 24.2 Å². The molecule has 0 bridgehead atoms. The Morgan fingerprint density at radius 2 is 0.840 bits per heavy atom. The molecule has 0 radical (unpaired) electrons. The van der Waals surface area contributed by atoms with Crippen molar-refractivity contribution in [2.24, 2.45) is 47.3 Å². The van der Waals surface area contributed by atoms with Gasteiger partial charge in [0.1, 0.15) is 0 Å². The van der Waals surface area contributed by atoms with Gasteiger partial charge in [0, 0.05) is 0 Å². The zero-order chi connectivity index (χ0) is 17.9. The van der Waals surface area contributed by atoms with Gasteiger partial charge < -0.3 is 0 Å². The number of rotatable bonds is 2. The highest BCUT2D eigenvalue weighted by Crippen LogP contribution is 2.64. The van der Waals surface area contributed by atoms with Gasteiger partial charge in [-0.05, 0) is 58.4 Å². The molecule has 2 saturated carbocycles. The van der Waals surface area contributed by atoms with Crippen molar-refractivity contribution in [1.82, 2.24) is 0 Å². The van der Waals surface area contributed by atoms with Crippen molar-refractivity contribution in [2.75, 3.05) is 0 Å². The van der Waals surface area contributed by atoms with Crippen LogP contribution in [0.3, 0.4) is 0 Å². The minimum absolute atomic E-state index is 0.731. The van der Waals surface area contributed by atoms with E-state index in [2.05, 4.69) is 89.4 Å². The molecule has 25 heavy (non-hydrogen) atoms. The summed E-state index contributed by atoms with van der Waals surface area (Å²) in [5.74, 6) is 6.52. The minimum Gasteiger partial charge on any atom is -0.0808 e. The van der Waals surface area contributed by atoms with E-state index in [4.69, 9.17) is 0 Å². The highest BCUT2D eigenvalue weighted by Gasteiger charge is 2.59. The first-order valence-electron chi connectivity index (χ1n) is 10.6. The number of hydrogen-bond acceptors (Lipinski definition) is 0. The predicted molar refractivity (Wildman–Crippen MR) is 112 cm³/mol. The smallest absolute Gasteiger partial charge is 0.0553 e. The first kappa shape index (κ1) is 17.6. The van der Waals surface area contributed by atoms with Crippen LogP contribution in [-0.4, -0.2) is 8.07 Å². The van der Waals surface area contributed by atoms with E-state index in [0.717, 1.165) is 58.4 Å². The summed E-state index contributed by atoms with van der Waals surface area (Å²) < 4.78 is 0. The molecule has 0 heterocycles. The van der Waals surface area contributed by atoms with Gasteiger partial charge in [0.15, 0.2) is 0 Å². The van der Waals surface area contributed by atoms with Crippen molar-refractivity contribution in [2.45, 2.75) is 51.9 Å². The summed E-state index contributed by atoms with van der Waals surface area (Å²) in [7, 11) is -1.43. The molecule has 4 rings (SSSR count). The lowest BCUT2D eigenvalue weighted by atomic mass is 9.83. The van der Waals surface area contributed by atoms with Gasteiger partial charge in [0.05, 0.1) is 8.07 Å². The van der Waals surface area contributed by atoms with Gasteiger partial charge in [-0.2, -0.15) is 0 Å². The van der Waals surface area contributed by atoms with Crippen LogP contribution in [0.15, 0.2) is 48.6 Å². The van der Waals surface area contributed by atoms with E-state index < -0.39 is 8.07 Å². The molecule has 0 aliphatic heterocycles. The fraction of sp³-hybridized carbons (Fsp3) is 0.667. The zero-order valence-electron chi connectivity index (χ0n) is 16.9. The summed E-state index contributed by atoms with van der Waals surface area (Å²) in [5.41, 5.74) is 1.85. The highest BCUT2D eigenvalue weighted by molar-refractivity contribution is 6.80. The molecular formula is C24H36Si. The molecule has 0 aromatic heterocycles. The van der Waals surface area contributed by atoms with Crippen LogP contribution < -0.4 is 0 Å². The molecule has 0 spiro atoms. The van der Waals surface area contributed by atoms with E-state index in [1.807, 2.05) is 0 Å². The maximum atomic E-state index is 2.75. The first-order valence-corrected chi connectivity index (χ1v) is 13.7. The van der Waals surface area contributed by atoms with E-state index in [0.29, 0.717) is 0 Å². The van der Waals surface area contributed by atoms with E-state index >= 15 is 0 Å². The molecule has 8 atom stereocenters. The molecule has 0 aromatic rings. The Morgan fingerprint density at radius 1 is 0.480 bits per heavy atom. The van der Waals surface area contributed by atoms with Crippen LogP contribution in [0, 0.1) is 47.3 Å². The third-order valence-corrected chi connectivity index (χ3v) is 14.3. The molecule has 0 aromatic carbocycles. The molecule has 1 heteroatoms. The number of fused-ring (bicyclic) bond motifs is 3. The molecule has 4 aliphatic rings. The Hall–Kier alpha value is -0.823. The molecule has 4 aliphatic carbocycles. The lowest BCUT2D eigenvalue weighted by Crippen LogP contribution is -2.45. The summed E-state index contributed by atoms with van der Waals surface area (Å²) in [5, 5.41) is 0. The molecular weight excluding hydrogens is 316 g/mol. The van der Waals surface area contributed by atoms with Crippen molar-refractivity contribution < 1.29 is 0 Å². The van der Waals surface area contributed by atoms with Gasteiger partial charge in [-0.3, -0.25) is 0 Å². The lowest BCUT2D eigenvalue weighted by Gasteiger charge is -2.45. The van der Waals surface area contributed by atoms with Gasteiger partial charge in [0.25, 0.3) is 0 Å². The summed E-state index contributed by atoms with van der Waals surface area (Å²) in [6, 6.07) is 0. The van der Waals surface area contributed by atoms with E-state index in [9.17, 15) is 0 Å². The van der Waals surface area contributed by atoms with Gasteiger partial charge in [0.2, 0.25) is 0 Å². The SMILES string of the molecule is CC1C(C)C(C)C([Si](C)(C)C2C3C=CC=CC3C3C=CC=CC32)C1C. The third-order valence-electron chi connectivity index (χ3n) is 9.06. The Kier molecular flexibility index (Phi) is 4.30. The van der Waals surface area contributed by atoms with Crippen LogP contribution in [0.4, 0.5) is 0 Å². The van der Waals surface area contributed by atoms with Crippen molar-refractivity contribution in [3.05, 3.63) is 48.6 Å². The fourth-order valence-electron chi connectivity index (χ4n) is 7.69. The largest absolute Gasteiger partial charge is 0.0808 e. The minimum atomic E-state index is -1.43. The topological polar surface area (TPSA) is 0 Å². The highest BCUT2D eigenvalue weighted by atomic mass is 28.3. The summed E-state index contributed by atoms with van der Waals surface area (Å²) in [4.78, 5) is 0. The molecule has 136 valence electrons. The van der Waals surface area contributed by atoms with E-state index in [1.165, 1.54) is 0 Å². The van der Waals surface area contributed by atoms with Crippen molar-refractivity contribution in [3.63, 3.8) is 0 Å². The first-order chi connectivity index (χ1) is 11.9. The van der Waals surface area contributed by atoms with Gasteiger partial charge >= 0.3 is 0 Å². The Balaban J connectivity index is 1.74. The second kappa shape index (κ2) is 6.11. The Labute approximate surface area is 156 Å². The molecule has 2 fully saturated rings. The normalized spacial score (nSPS) is 51.0. The molecule has 0 N–H and O–H groups in total. The lowest BCUT2D eigenvalue weighted by molar-refractivity contribution is 0.352. The quantitative estimate of drug-likeness (QED) is 0.484. The van der Waals surface area contributed by atoms with Crippen molar-refractivity contribution in [3.8, 4) is 0 Å². The summed E-state index contributed by atoms with van der Waals surface area (Å²) in [6.07, 6.45) is 19.4. The van der Waals surface area contributed by atoms with Crippen LogP contribution in [0.1, 0.15) is 27.7 Å². The number of allylic oxidation sites excluding steroid dienone is 8. The zero-order valence-corrected chi connectivity index (χ0v) is 17.9. The Bertz CT molecular complexity index is 588. The predicted octanol–water partition coefficient (Wildman–Crippen LogP) is 6.72. The van der Waals surface area contributed by atoms with Crippen LogP contribution in [-0.2, 0) is 0 Å². The molecule has 0 nitrogen and oxygen atoms in total. The third kappa shape index (κ3) is 2.45. The summed E-state index contributed by atoms with van der Waals surface area (Å²) >= 11 is 0. The van der Waals surface area contributed by atoms with Crippen LogP contribution >= 0.6 is 0 Å².